The van der Waals surface area contributed by atoms with Gasteiger partial charge < -0.3 is 10.2 Å². The molecule has 2 aromatic carbocycles. The van der Waals surface area contributed by atoms with Crippen LogP contribution < -0.4 is 10.2 Å². The summed E-state index contributed by atoms with van der Waals surface area (Å²) in [6.45, 7) is 4.40. The van der Waals surface area contributed by atoms with Crippen LogP contribution in [0.25, 0.3) is 5.69 Å². The molecule has 0 saturated heterocycles. The molecule has 3 heterocycles. The Morgan fingerprint density at radius 1 is 1.14 bits per heavy atom. The van der Waals surface area contributed by atoms with E-state index in [1.807, 2.05) is 50.2 Å². The molecule has 2 amide bonds. The summed E-state index contributed by atoms with van der Waals surface area (Å²) in [6.07, 6.45) is 1.69. The second kappa shape index (κ2) is 6.19. The number of carbonyl (C=O) groups excluding carboxylic acids is 2. The number of anilines is 2. The van der Waals surface area contributed by atoms with E-state index in [9.17, 15) is 9.59 Å². The fourth-order valence-corrected chi connectivity index (χ4v) is 4.94. The van der Waals surface area contributed by atoms with Gasteiger partial charge in [-0.15, -0.1) is 0 Å². The van der Waals surface area contributed by atoms with Crippen LogP contribution in [0.1, 0.15) is 30.0 Å². The van der Waals surface area contributed by atoms with Gasteiger partial charge in [-0.1, -0.05) is 35.9 Å². The molecule has 2 aliphatic heterocycles. The molecule has 5 rings (SSSR count). The van der Waals surface area contributed by atoms with E-state index >= 15 is 0 Å². The average Bonchev–Trinajstić information content (AvgIpc) is 3.21. The highest BCUT2D eigenvalue weighted by atomic mass is 35.5. The summed E-state index contributed by atoms with van der Waals surface area (Å²) in [5, 5.41) is 7.98. The van der Waals surface area contributed by atoms with Crippen molar-refractivity contribution in [1.82, 2.24) is 9.78 Å². The SMILES string of the molecule is CCN1C(=O)[C@@]2(CC(=O)Nc3c2cnn3-c2ccccc2C)c2c(Cl)cccc21. The first-order valence-corrected chi connectivity index (χ1v) is 9.92. The highest BCUT2D eigenvalue weighted by molar-refractivity contribution is 6.33. The lowest BCUT2D eigenvalue weighted by atomic mass is 9.71. The minimum Gasteiger partial charge on any atom is -0.311 e. The van der Waals surface area contributed by atoms with Gasteiger partial charge in [-0.2, -0.15) is 5.10 Å². The van der Waals surface area contributed by atoms with E-state index in [1.165, 1.54) is 0 Å². The van der Waals surface area contributed by atoms with Gasteiger partial charge in [-0.05, 0) is 37.6 Å². The predicted octanol–water partition coefficient (Wildman–Crippen LogP) is 3.83. The molecule has 0 unspecified atom stereocenters. The zero-order valence-corrected chi connectivity index (χ0v) is 16.8. The summed E-state index contributed by atoms with van der Waals surface area (Å²) in [4.78, 5) is 28.2. The van der Waals surface area contributed by atoms with E-state index in [2.05, 4.69) is 10.4 Å². The second-order valence-corrected chi connectivity index (χ2v) is 7.83. The molecule has 7 heteroatoms. The Kier molecular flexibility index (Phi) is 3.83. The van der Waals surface area contributed by atoms with Crippen molar-refractivity contribution in [2.45, 2.75) is 25.7 Å². The molecular weight excluding hydrogens is 388 g/mol. The number of para-hydroxylation sites is 1. The van der Waals surface area contributed by atoms with E-state index in [1.54, 1.807) is 21.8 Å². The maximum atomic E-state index is 13.7. The van der Waals surface area contributed by atoms with Gasteiger partial charge in [0.15, 0.2) is 0 Å². The third-order valence-corrected chi connectivity index (χ3v) is 6.21. The highest BCUT2D eigenvalue weighted by Gasteiger charge is 2.57. The number of aryl methyl sites for hydroxylation is 1. The molecule has 29 heavy (non-hydrogen) atoms. The van der Waals surface area contributed by atoms with Crippen molar-refractivity contribution in [1.29, 1.82) is 0 Å². The van der Waals surface area contributed by atoms with Crippen LogP contribution in [0.5, 0.6) is 0 Å². The van der Waals surface area contributed by atoms with Crippen molar-refractivity contribution in [3.8, 4) is 5.69 Å². The van der Waals surface area contributed by atoms with Crippen LogP contribution in [-0.4, -0.2) is 28.1 Å². The molecule has 0 fully saturated rings. The molecule has 1 atom stereocenters. The number of nitrogens with one attached hydrogen (secondary N) is 1. The lowest BCUT2D eigenvalue weighted by Crippen LogP contribution is -2.46. The van der Waals surface area contributed by atoms with Gasteiger partial charge >= 0.3 is 0 Å². The topological polar surface area (TPSA) is 67.2 Å². The van der Waals surface area contributed by atoms with Gasteiger partial charge in [0.2, 0.25) is 11.8 Å². The number of aromatic nitrogens is 2. The summed E-state index contributed by atoms with van der Waals surface area (Å²) in [6, 6.07) is 13.3. The average molecular weight is 407 g/mol. The molecule has 6 nitrogen and oxygen atoms in total. The Balaban J connectivity index is 1.82. The first-order chi connectivity index (χ1) is 14.0. The van der Waals surface area contributed by atoms with Gasteiger partial charge in [0.25, 0.3) is 0 Å². The lowest BCUT2D eigenvalue weighted by Gasteiger charge is -2.32. The normalized spacial score (nSPS) is 20.0. The molecule has 0 aliphatic carbocycles. The predicted molar refractivity (Wildman–Crippen MR) is 112 cm³/mol. The molecule has 1 N–H and O–H groups in total. The van der Waals surface area contributed by atoms with E-state index in [-0.39, 0.29) is 18.2 Å². The molecule has 1 aromatic heterocycles. The van der Waals surface area contributed by atoms with Crippen LogP contribution in [0.4, 0.5) is 11.5 Å². The van der Waals surface area contributed by atoms with E-state index < -0.39 is 5.41 Å². The molecule has 2 aliphatic rings. The summed E-state index contributed by atoms with van der Waals surface area (Å²) < 4.78 is 1.70. The van der Waals surface area contributed by atoms with Crippen molar-refractivity contribution in [3.63, 3.8) is 0 Å². The summed E-state index contributed by atoms with van der Waals surface area (Å²) >= 11 is 6.61. The number of likely N-dealkylation sites (N-methyl/N-ethyl adjacent to an activating group) is 1. The van der Waals surface area contributed by atoms with Crippen molar-refractivity contribution in [3.05, 3.63) is 70.4 Å². The zero-order chi connectivity index (χ0) is 20.3. The smallest absolute Gasteiger partial charge is 0.242 e. The van der Waals surface area contributed by atoms with Gasteiger partial charge in [0.05, 0.1) is 11.9 Å². The molecule has 1 spiro atoms. The Hall–Kier alpha value is -3.12. The number of halogens is 1. The van der Waals surface area contributed by atoms with Crippen LogP contribution in [0.15, 0.2) is 48.7 Å². The fourth-order valence-electron chi connectivity index (χ4n) is 4.61. The fraction of sp³-hybridized carbons (Fsp3) is 0.227. The number of fused-ring (bicyclic) bond motifs is 4. The molecular formula is C22H19ClN4O2. The summed E-state index contributed by atoms with van der Waals surface area (Å²) in [5.41, 5.74) is 2.82. The van der Waals surface area contributed by atoms with Crippen molar-refractivity contribution in [2.24, 2.45) is 0 Å². The lowest BCUT2D eigenvalue weighted by molar-refractivity contribution is -0.126. The zero-order valence-electron chi connectivity index (χ0n) is 16.1. The Morgan fingerprint density at radius 2 is 1.90 bits per heavy atom. The molecule has 3 aromatic rings. The molecule has 0 saturated carbocycles. The maximum absolute atomic E-state index is 13.7. The van der Waals surface area contributed by atoms with E-state index in [0.29, 0.717) is 28.5 Å². The first-order valence-electron chi connectivity index (χ1n) is 9.54. The van der Waals surface area contributed by atoms with Gasteiger partial charge in [0.1, 0.15) is 11.2 Å². The molecule has 0 radical (unpaired) electrons. The molecule has 146 valence electrons. The van der Waals surface area contributed by atoms with Crippen molar-refractivity contribution in [2.75, 3.05) is 16.8 Å². The third-order valence-electron chi connectivity index (χ3n) is 5.89. The van der Waals surface area contributed by atoms with Crippen molar-refractivity contribution >= 4 is 34.9 Å². The monoisotopic (exact) mass is 406 g/mol. The first kappa shape index (κ1) is 17.9. The largest absolute Gasteiger partial charge is 0.311 e. The Bertz CT molecular complexity index is 1190. The highest BCUT2D eigenvalue weighted by Crippen LogP contribution is 2.54. The minimum absolute atomic E-state index is 0.00549. The number of benzene rings is 2. The van der Waals surface area contributed by atoms with Gasteiger partial charge in [-0.25, -0.2) is 4.68 Å². The number of carbonyl (C=O) groups is 2. The van der Waals surface area contributed by atoms with Crippen LogP contribution in [-0.2, 0) is 15.0 Å². The third kappa shape index (κ3) is 2.26. The van der Waals surface area contributed by atoms with E-state index in [4.69, 9.17) is 11.6 Å². The Morgan fingerprint density at radius 3 is 2.66 bits per heavy atom. The number of nitrogens with zero attached hydrogens (tertiary/aromatic N) is 3. The van der Waals surface area contributed by atoms with Crippen LogP contribution in [0.2, 0.25) is 5.02 Å². The number of hydrogen-bond donors (Lipinski definition) is 1. The second-order valence-electron chi connectivity index (χ2n) is 7.42. The number of amides is 2. The summed E-state index contributed by atoms with van der Waals surface area (Å²) in [7, 11) is 0. The molecule has 0 bridgehead atoms. The van der Waals surface area contributed by atoms with Gasteiger partial charge in [-0.3, -0.25) is 9.59 Å². The van der Waals surface area contributed by atoms with Crippen molar-refractivity contribution < 1.29 is 9.59 Å². The number of rotatable bonds is 2. The minimum atomic E-state index is -1.16. The standard InChI is InChI=1S/C22H19ClN4O2/c1-3-26-17-10-6-8-15(23)19(17)22(21(26)29)11-18(28)25-20-14(22)12-24-27(20)16-9-5-4-7-13(16)2/h4-10,12H,3,11H2,1-2H3,(H,25,28)/t22-/m1/s1. The van der Waals surface area contributed by atoms with E-state index in [0.717, 1.165) is 16.9 Å². The quantitative estimate of drug-likeness (QED) is 0.703. The number of hydrogen-bond acceptors (Lipinski definition) is 3. The maximum Gasteiger partial charge on any atom is 0.242 e. The van der Waals surface area contributed by atoms with Crippen LogP contribution in [0.3, 0.4) is 0 Å². The van der Waals surface area contributed by atoms with Crippen LogP contribution >= 0.6 is 11.6 Å². The Labute approximate surface area is 173 Å². The summed E-state index contributed by atoms with van der Waals surface area (Å²) in [5.74, 6) is 0.154. The van der Waals surface area contributed by atoms with Gasteiger partial charge in [0, 0.05) is 34.8 Å². The van der Waals surface area contributed by atoms with Crippen LogP contribution in [0, 0.1) is 6.92 Å².